The molecular formula is C18H25F4NO3. The molecule has 0 aliphatic carbocycles. The second-order valence-electron chi connectivity index (χ2n) is 5.18. The van der Waals surface area contributed by atoms with E-state index in [4.69, 9.17) is 0 Å². The summed E-state index contributed by atoms with van der Waals surface area (Å²) in [6, 6.07) is 0.0187. The van der Waals surface area contributed by atoms with E-state index in [-0.39, 0.29) is 31.2 Å². The molecule has 0 aliphatic rings. The van der Waals surface area contributed by atoms with Gasteiger partial charge in [0.05, 0.1) is 0 Å². The Morgan fingerprint density at radius 1 is 0.962 bits per heavy atom. The van der Waals surface area contributed by atoms with Gasteiger partial charge in [0, 0.05) is 25.5 Å². The number of carbonyl (C=O) groups is 2. The molecule has 0 atom stereocenters. The van der Waals surface area contributed by atoms with Gasteiger partial charge in [-0.05, 0) is 12.8 Å². The van der Waals surface area contributed by atoms with Crippen LogP contribution < -0.4 is 10.1 Å². The fourth-order valence-corrected chi connectivity index (χ4v) is 1.89. The van der Waals surface area contributed by atoms with Gasteiger partial charge in [0.15, 0.2) is 11.6 Å². The van der Waals surface area contributed by atoms with Crippen molar-refractivity contribution in [3.8, 4) is 5.75 Å². The molecule has 8 heteroatoms. The first kappa shape index (κ1) is 23.9. The SMILES string of the molecule is CC.CCCCCNC(=O)CCCC(=O)Oc1c(F)c(F)cc(F)c1F. The topological polar surface area (TPSA) is 55.4 Å². The van der Waals surface area contributed by atoms with Crippen molar-refractivity contribution in [1.29, 1.82) is 0 Å². The van der Waals surface area contributed by atoms with Crippen molar-refractivity contribution in [2.24, 2.45) is 0 Å². The average Bonchev–Trinajstić information content (AvgIpc) is 2.62. The van der Waals surface area contributed by atoms with E-state index in [9.17, 15) is 27.2 Å². The maximum Gasteiger partial charge on any atom is 0.311 e. The van der Waals surface area contributed by atoms with Crippen molar-refractivity contribution in [2.75, 3.05) is 6.54 Å². The van der Waals surface area contributed by atoms with E-state index >= 15 is 0 Å². The van der Waals surface area contributed by atoms with Crippen LogP contribution in [0.5, 0.6) is 5.75 Å². The standard InChI is InChI=1S/C16H19F4NO3.C2H6/c1-2-3-4-8-21-12(22)6-5-7-13(23)24-16-14(19)10(17)9-11(18)15(16)20;1-2/h9H,2-8H2,1H3,(H,21,22);1-2H3. The van der Waals surface area contributed by atoms with Gasteiger partial charge in [0.1, 0.15) is 0 Å². The molecule has 148 valence electrons. The van der Waals surface area contributed by atoms with E-state index in [1.165, 1.54) is 0 Å². The van der Waals surface area contributed by atoms with Gasteiger partial charge in [-0.25, -0.2) is 8.78 Å². The van der Waals surface area contributed by atoms with Crippen LogP contribution in [0.4, 0.5) is 17.6 Å². The third-order valence-electron chi connectivity index (χ3n) is 3.17. The second kappa shape index (κ2) is 13.1. The molecule has 0 bridgehead atoms. The summed E-state index contributed by atoms with van der Waals surface area (Å²) in [4.78, 5) is 22.9. The Morgan fingerprint density at radius 2 is 1.54 bits per heavy atom. The minimum absolute atomic E-state index is 0.0187. The minimum Gasteiger partial charge on any atom is -0.420 e. The Kier molecular flexibility index (Phi) is 12.1. The molecule has 0 unspecified atom stereocenters. The van der Waals surface area contributed by atoms with Crippen molar-refractivity contribution < 1.29 is 31.9 Å². The highest BCUT2D eigenvalue weighted by atomic mass is 19.2. The summed E-state index contributed by atoms with van der Waals surface area (Å²) in [5.74, 6) is -9.65. The summed E-state index contributed by atoms with van der Waals surface area (Å²) in [6.07, 6.45) is 2.67. The average molecular weight is 379 g/mol. The lowest BCUT2D eigenvalue weighted by atomic mass is 10.2. The lowest BCUT2D eigenvalue weighted by Gasteiger charge is -2.08. The van der Waals surface area contributed by atoms with Crippen LogP contribution in [-0.4, -0.2) is 18.4 Å². The van der Waals surface area contributed by atoms with Gasteiger partial charge in [-0.15, -0.1) is 0 Å². The molecule has 0 aromatic heterocycles. The summed E-state index contributed by atoms with van der Waals surface area (Å²) in [5, 5.41) is 2.66. The van der Waals surface area contributed by atoms with Crippen molar-refractivity contribution in [2.45, 2.75) is 59.3 Å². The fraction of sp³-hybridized carbons (Fsp3) is 0.556. The minimum atomic E-state index is -1.78. The van der Waals surface area contributed by atoms with Gasteiger partial charge in [-0.1, -0.05) is 33.6 Å². The molecule has 0 fully saturated rings. The molecule has 26 heavy (non-hydrogen) atoms. The number of unbranched alkanes of at least 4 members (excludes halogenated alkanes) is 2. The maximum atomic E-state index is 13.3. The molecule has 0 saturated heterocycles. The molecule has 0 saturated carbocycles. The van der Waals surface area contributed by atoms with Crippen LogP contribution in [0.2, 0.25) is 0 Å². The lowest BCUT2D eigenvalue weighted by Crippen LogP contribution is -2.24. The van der Waals surface area contributed by atoms with E-state index in [1.54, 1.807) is 0 Å². The summed E-state index contributed by atoms with van der Waals surface area (Å²) in [7, 11) is 0. The van der Waals surface area contributed by atoms with Crippen LogP contribution in [0, 0.1) is 23.3 Å². The van der Waals surface area contributed by atoms with Crippen LogP contribution in [0.15, 0.2) is 6.07 Å². The zero-order chi connectivity index (χ0) is 20.1. The fourth-order valence-electron chi connectivity index (χ4n) is 1.89. The number of hydrogen-bond donors (Lipinski definition) is 1. The van der Waals surface area contributed by atoms with Crippen LogP contribution >= 0.6 is 0 Å². The largest absolute Gasteiger partial charge is 0.420 e. The van der Waals surface area contributed by atoms with E-state index in [1.807, 2.05) is 20.8 Å². The molecule has 1 amide bonds. The zero-order valence-electron chi connectivity index (χ0n) is 15.3. The highest BCUT2D eigenvalue weighted by molar-refractivity contribution is 5.77. The molecule has 1 N–H and O–H groups in total. The number of halogens is 4. The predicted molar refractivity (Wildman–Crippen MR) is 89.6 cm³/mol. The van der Waals surface area contributed by atoms with Gasteiger partial charge in [0.25, 0.3) is 0 Å². The number of amides is 1. The number of ether oxygens (including phenoxy) is 1. The number of hydrogen-bond acceptors (Lipinski definition) is 3. The number of benzene rings is 1. The van der Waals surface area contributed by atoms with Crippen molar-refractivity contribution in [3.63, 3.8) is 0 Å². The third-order valence-corrected chi connectivity index (χ3v) is 3.17. The Balaban J connectivity index is 0.00000301. The van der Waals surface area contributed by atoms with Crippen LogP contribution in [0.25, 0.3) is 0 Å². The van der Waals surface area contributed by atoms with Crippen molar-refractivity contribution in [3.05, 3.63) is 29.3 Å². The van der Waals surface area contributed by atoms with Crippen LogP contribution in [-0.2, 0) is 9.59 Å². The van der Waals surface area contributed by atoms with E-state index < -0.39 is 35.0 Å². The Labute approximate surface area is 150 Å². The molecule has 0 spiro atoms. The van der Waals surface area contributed by atoms with Crippen molar-refractivity contribution >= 4 is 11.9 Å². The smallest absolute Gasteiger partial charge is 0.311 e. The van der Waals surface area contributed by atoms with E-state index in [0.29, 0.717) is 6.54 Å². The summed E-state index contributed by atoms with van der Waals surface area (Å²) < 4.78 is 56.9. The quantitative estimate of drug-likeness (QED) is 0.223. The number of rotatable bonds is 9. The summed E-state index contributed by atoms with van der Waals surface area (Å²) >= 11 is 0. The first-order valence-electron chi connectivity index (χ1n) is 8.67. The monoisotopic (exact) mass is 379 g/mol. The van der Waals surface area contributed by atoms with Gasteiger partial charge in [-0.3, -0.25) is 9.59 Å². The molecule has 1 aromatic carbocycles. The maximum absolute atomic E-state index is 13.3. The zero-order valence-corrected chi connectivity index (χ0v) is 15.3. The number of carbonyl (C=O) groups excluding carboxylic acids is 2. The lowest BCUT2D eigenvalue weighted by molar-refractivity contribution is -0.135. The first-order chi connectivity index (χ1) is 12.4. The molecule has 1 aromatic rings. The summed E-state index contributed by atoms with van der Waals surface area (Å²) in [5.41, 5.74) is 0. The highest BCUT2D eigenvalue weighted by Crippen LogP contribution is 2.26. The van der Waals surface area contributed by atoms with Crippen molar-refractivity contribution in [1.82, 2.24) is 5.32 Å². The van der Waals surface area contributed by atoms with Crippen LogP contribution in [0.3, 0.4) is 0 Å². The predicted octanol–water partition coefficient (Wildman–Crippen LogP) is 4.65. The molecule has 0 aliphatic heterocycles. The molecular weight excluding hydrogens is 354 g/mol. The number of esters is 1. The van der Waals surface area contributed by atoms with Gasteiger partial charge >= 0.3 is 5.97 Å². The summed E-state index contributed by atoms with van der Waals surface area (Å²) in [6.45, 7) is 6.57. The van der Waals surface area contributed by atoms with Gasteiger partial charge in [0.2, 0.25) is 23.3 Å². The molecule has 4 nitrogen and oxygen atoms in total. The Morgan fingerprint density at radius 3 is 2.08 bits per heavy atom. The molecule has 1 rings (SSSR count). The normalized spacial score (nSPS) is 9.96. The van der Waals surface area contributed by atoms with Gasteiger partial charge in [-0.2, -0.15) is 8.78 Å². The van der Waals surface area contributed by atoms with Crippen LogP contribution in [0.1, 0.15) is 59.3 Å². The molecule has 0 heterocycles. The highest BCUT2D eigenvalue weighted by Gasteiger charge is 2.22. The van der Waals surface area contributed by atoms with Gasteiger partial charge < -0.3 is 10.1 Å². The third kappa shape index (κ3) is 8.31. The Bertz CT molecular complexity index is 568. The second-order valence-corrected chi connectivity index (χ2v) is 5.18. The first-order valence-corrected chi connectivity index (χ1v) is 8.67. The van der Waals surface area contributed by atoms with E-state index in [0.717, 1.165) is 19.3 Å². The number of nitrogens with one attached hydrogen (secondary N) is 1. The Hall–Kier alpha value is -2.12. The van der Waals surface area contributed by atoms with E-state index in [2.05, 4.69) is 10.1 Å². The molecule has 0 radical (unpaired) electrons.